The summed E-state index contributed by atoms with van der Waals surface area (Å²) in [6.07, 6.45) is 0. The lowest BCUT2D eigenvalue weighted by Crippen LogP contribution is -2.48. The standard InChI is InChI=1S/C15H23N5O2/c1-11-2-4-12(5-3-11)20-8-6-19(7-9-20)10-13(16)14(18-17)15(21)22/h2-5,18H,6-10,16-17H2,1H3,(H,21,22)/b14-13-. The molecule has 0 bridgehead atoms. The van der Waals surface area contributed by atoms with Gasteiger partial charge in [-0.15, -0.1) is 0 Å². The zero-order chi connectivity index (χ0) is 16.1. The highest BCUT2D eigenvalue weighted by atomic mass is 16.4. The maximum Gasteiger partial charge on any atom is 0.355 e. The van der Waals surface area contributed by atoms with Gasteiger partial charge in [0.05, 0.1) is 5.70 Å². The van der Waals surface area contributed by atoms with Gasteiger partial charge in [-0.1, -0.05) is 17.7 Å². The molecule has 0 radical (unpaired) electrons. The van der Waals surface area contributed by atoms with Gasteiger partial charge >= 0.3 is 5.97 Å². The molecule has 1 aliphatic heterocycles. The van der Waals surface area contributed by atoms with Crippen LogP contribution in [0, 0.1) is 6.92 Å². The van der Waals surface area contributed by atoms with Crippen LogP contribution in [0.3, 0.4) is 0 Å². The van der Waals surface area contributed by atoms with E-state index in [0.29, 0.717) is 6.54 Å². The zero-order valence-corrected chi connectivity index (χ0v) is 12.7. The van der Waals surface area contributed by atoms with Gasteiger partial charge in [0.2, 0.25) is 0 Å². The van der Waals surface area contributed by atoms with Gasteiger partial charge < -0.3 is 21.2 Å². The second-order valence-corrected chi connectivity index (χ2v) is 5.45. The first kappa shape index (κ1) is 16.1. The summed E-state index contributed by atoms with van der Waals surface area (Å²) in [5.74, 6) is 4.05. The third kappa shape index (κ3) is 3.90. The van der Waals surface area contributed by atoms with Crippen LogP contribution in [0.2, 0.25) is 0 Å². The largest absolute Gasteiger partial charge is 0.476 e. The summed E-state index contributed by atoms with van der Waals surface area (Å²) >= 11 is 0. The maximum atomic E-state index is 11.0. The molecular weight excluding hydrogens is 282 g/mol. The molecule has 0 aliphatic carbocycles. The number of rotatable bonds is 5. The van der Waals surface area contributed by atoms with Gasteiger partial charge in [-0.3, -0.25) is 10.7 Å². The number of piperazine rings is 1. The van der Waals surface area contributed by atoms with Crippen molar-refractivity contribution in [2.24, 2.45) is 11.6 Å². The number of carbonyl (C=O) groups is 1. The van der Waals surface area contributed by atoms with Crippen LogP contribution in [0.4, 0.5) is 5.69 Å². The fourth-order valence-electron chi connectivity index (χ4n) is 2.53. The van der Waals surface area contributed by atoms with Crippen LogP contribution in [-0.2, 0) is 4.79 Å². The van der Waals surface area contributed by atoms with E-state index in [2.05, 4.69) is 46.4 Å². The van der Waals surface area contributed by atoms with Crippen molar-refractivity contribution in [3.8, 4) is 0 Å². The van der Waals surface area contributed by atoms with E-state index < -0.39 is 5.97 Å². The number of nitrogens with one attached hydrogen (secondary N) is 1. The van der Waals surface area contributed by atoms with E-state index >= 15 is 0 Å². The Balaban J connectivity index is 1.92. The van der Waals surface area contributed by atoms with E-state index in [1.165, 1.54) is 11.3 Å². The highest BCUT2D eigenvalue weighted by Crippen LogP contribution is 2.17. The minimum Gasteiger partial charge on any atom is -0.476 e. The minimum absolute atomic E-state index is 0.138. The molecule has 7 heteroatoms. The van der Waals surface area contributed by atoms with Crippen molar-refractivity contribution < 1.29 is 9.90 Å². The molecule has 1 fully saturated rings. The Labute approximate surface area is 130 Å². The van der Waals surface area contributed by atoms with E-state index in [1.54, 1.807) is 0 Å². The van der Waals surface area contributed by atoms with Crippen LogP contribution in [-0.4, -0.2) is 48.7 Å². The van der Waals surface area contributed by atoms with Crippen LogP contribution in [0.15, 0.2) is 35.7 Å². The predicted molar refractivity (Wildman–Crippen MR) is 86.0 cm³/mol. The molecule has 0 atom stereocenters. The van der Waals surface area contributed by atoms with Crippen LogP contribution in [0.25, 0.3) is 0 Å². The number of benzene rings is 1. The molecule has 0 aromatic heterocycles. The summed E-state index contributed by atoms with van der Waals surface area (Å²) in [6.45, 7) is 5.89. The molecule has 1 aromatic carbocycles. The van der Waals surface area contributed by atoms with E-state index in [0.717, 1.165) is 26.2 Å². The molecule has 7 nitrogen and oxygen atoms in total. The number of hydrogen-bond acceptors (Lipinski definition) is 6. The summed E-state index contributed by atoms with van der Waals surface area (Å²) in [7, 11) is 0. The molecule has 0 spiro atoms. The molecule has 0 saturated carbocycles. The normalized spacial score (nSPS) is 17.1. The third-order valence-corrected chi connectivity index (χ3v) is 3.84. The molecule has 1 heterocycles. The number of aliphatic carboxylic acids is 1. The summed E-state index contributed by atoms with van der Waals surface area (Å²) in [4.78, 5) is 15.4. The first-order valence-electron chi connectivity index (χ1n) is 7.23. The van der Waals surface area contributed by atoms with Crippen molar-refractivity contribution in [1.29, 1.82) is 0 Å². The van der Waals surface area contributed by atoms with E-state index in [1.807, 2.05) is 0 Å². The number of nitrogens with two attached hydrogens (primary N) is 2. The van der Waals surface area contributed by atoms with Gasteiger partial charge in [-0.2, -0.15) is 0 Å². The maximum absolute atomic E-state index is 11.0. The first-order chi connectivity index (χ1) is 10.5. The van der Waals surface area contributed by atoms with Gasteiger partial charge in [0.25, 0.3) is 0 Å². The van der Waals surface area contributed by atoms with Crippen LogP contribution in [0.5, 0.6) is 0 Å². The van der Waals surface area contributed by atoms with Crippen LogP contribution in [0.1, 0.15) is 5.56 Å². The fourth-order valence-corrected chi connectivity index (χ4v) is 2.53. The molecule has 1 aliphatic rings. The highest BCUT2D eigenvalue weighted by molar-refractivity contribution is 5.86. The number of hydrazine groups is 1. The molecule has 22 heavy (non-hydrogen) atoms. The smallest absolute Gasteiger partial charge is 0.355 e. The number of carboxylic acid groups (broad SMARTS) is 1. The molecule has 0 unspecified atom stereocenters. The van der Waals surface area contributed by atoms with E-state index in [-0.39, 0.29) is 11.4 Å². The average Bonchev–Trinajstić information content (AvgIpc) is 2.49. The predicted octanol–water partition coefficient (Wildman–Crippen LogP) is -0.165. The number of nitrogens with zero attached hydrogens (tertiary/aromatic N) is 2. The second kappa shape index (κ2) is 7.15. The SMILES string of the molecule is Cc1ccc(N2CCN(C/C(N)=C(/NN)C(=O)O)CC2)cc1. The van der Waals surface area contributed by atoms with E-state index in [4.69, 9.17) is 16.7 Å². The topological polar surface area (TPSA) is 108 Å². The summed E-state index contributed by atoms with van der Waals surface area (Å²) in [6, 6.07) is 8.46. The highest BCUT2D eigenvalue weighted by Gasteiger charge is 2.19. The van der Waals surface area contributed by atoms with Gasteiger partial charge in [-0.25, -0.2) is 4.79 Å². The van der Waals surface area contributed by atoms with Gasteiger partial charge in [0.1, 0.15) is 0 Å². The van der Waals surface area contributed by atoms with Crippen molar-refractivity contribution in [3.05, 3.63) is 41.2 Å². The third-order valence-electron chi connectivity index (χ3n) is 3.84. The first-order valence-corrected chi connectivity index (χ1v) is 7.23. The average molecular weight is 305 g/mol. The van der Waals surface area contributed by atoms with Gasteiger partial charge in [0.15, 0.2) is 5.70 Å². The Morgan fingerprint density at radius 1 is 1.23 bits per heavy atom. The monoisotopic (exact) mass is 305 g/mol. The minimum atomic E-state index is -1.14. The van der Waals surface area contributed by atoms with Crippen molar-refractivity contribution in [1.82, 2.24) is 10.3 Å². The van der Waals surface area contributed by atoms with Crippen LogP contribution >= 0.6 is 0 Å². The summed E-state index contributed by atoms with van der Waals surface area (Å²) in [5, 5.41) is 8.98. The number of anilines is 1. The molecule has 2 rings (SSSR count). The Morgan fingerprint density at radius 2 is 1.82 bits per heavy atom. The Morgan fingerprint density at radius 3 is 2.32 bits per heavy atom. The van der Waals surface area contributed by atoms with Crippen LogP contribution < -0.4 is 21.9 Å². The van der Waals surface area contributed by atoms with Gasteiger partial charge in [0, 0.05) is 38.4 Å². The molecular formula is C15H23N5O2. The Kier molecular flexibility index (Phi) is 5.24. The zero-order valence-electron chi connectivity index (χ0n) is 12.7. The number of aryl methyl sites for hydroxylation is 1. The molecule has 120 valence electrons. The lowest BCUT2D eigenvalue weighted by Gasteiger charge is -2.36. The Hall–Kier alpha value is -2.25. The second-order valence-electron chi connectivity index (χ2n) is 5.45. The van der Waals surface area contributed by atoms with Crippen molar-refractivity contribution in [2.75, 3.05) is 37.6 Å². The van der Waals surface area contributed by atoms with E-state index in [9.17, 15) is 4.79 Å². The van der Waals surface area contributed by atoms with Gasteiger partial charge in [-0.05, 0) is 19.1 Å². The van der Waals surface area contributed by atoms with Crippen molar-refractivity contribution >= 4 is 11.7 Å². The fraction of sp³-hybridized carbons (Fsp3) is 0.400. The van der Waals surface area contributed by atoms with Crippen molar-refractivity contribution in [2.45, 2.75) is 6.92 Å². The molecule has 6 N–H and O–H groups in total. The Bertz CT molecular complexity index is 548. The molecule has 1 saturated heterocycles. The quantitative estimate of drug-likeness (QED) is 0.340. The molecule has 1 aromatic rings. The molecule has 0 amide bonds. The van der Waals surface area contributed by atoms with Crippen molar-refractivity contribution in [3.63, 3.8) is 0 Å². The lowest BCUT2D eigenvalue weighted by atomic mass is 10.2. The lowest BCUT2D eigenvalue weighted by molar-refractivity contribution is -0.133. The summed E-state index contributed by atoms with van der Waals surface area (Å²) < 4.78 is 0. The summed E-state index contributed by atoms with van der Waals surface area (Å²) in [5.41, 5.74) is 10.5. The number of carboxylic acids is 1. The number of hydrogen-bond donors (Lipinski definition) is 4.